The molecule has 1 atom stereocenters. The molecule has 1 unspecified atom stereocenters. The quantitative estimate of drug-likeness (QED) is 0.806. The first-order valence-electron chi connectivity index (χ1n) is 5.03. The molecule has 0 saturated heterocycles. The summed E-state index contributed by atoms with van der Waals surface area (Å²) in [5, 5.41) is 18.5. The van der Waals surface area contributed by atoms with Crippen LogP contribution < -0.4 is 0 Å². The van der Waals surface area contributed by atoms with Gasteiger partial charge in [-0.25, -0.2) is 4.98 Å². The maximum atomic E-state index is 9.49. The molecule has 0 aliphatic rings. The Hall–Kier alpha value is -0.450. The number of aliphatic hydroxyl groups is 2. The van der Waals surface area contributed by atoms with Crippen LogP contribution in [-0.4, -0.2) is 28.4 Å². The molecule has 0 radical (unpaired) electrons. The van der Waals surface area contributed by atoms with Crippen molar-refractivity contribution in [1.82, 2.24) is 4.98 Å². The summed E-state index contributed by atoms with van der Waals surface area (Å²) in [5.74, 6) is 0. The molecule has 3 nitrogen and oxygen atoms in total. The lowest BCUT2D eigenvalue weighted by molar-refractivity contribution is 0.145. The van der Waals surface area contributed by atoms with Crippen molar-refractivity contribution < 1.29 is 10.2 Å². The lowest BCUT2D eigenvalue weighted by atomic mass is 9.79. The summed E-state index contributed by atoms with van der Waals surface area (Å²) in [6, 6.07) is 5.63. The smallest absolute Gasteiger partial charge is 0.106 e. The fraction of sp³-hybridized carbons (Fsp3) is 0.545. The minimum Gasteiger partial charge on any atom is -0.396 e. The molecule has 0 spiro atoms. The summed E-state index contributed by atoms with van der Waals surface area (Å²) in [6.07, 6.45) is 1.29. The van der Waals surface area contributed by atoms with Crippen LogP contribution in [0.2, 0.25) is 0 Å². The second kappa shape index (κ2) is 5.58. The molecule has 1 aromatic rings. The van der Waals surface area contributed by atoms with E-state index in [1.165, 1.54) is 0 Å². The molecule has 1 heterocycles. The molecular formula is C11H16BrNO2. The molecule has 0 amide bonds. The topological polar surface area (TPSA) is 53.4 Å². The fourth-order valence-electron chi connectivity index (χ4n) is 1.68. The summed E-state index contributed by atoms with van der Waals surface area (Å²) >= 11 is 3.31. The Kier molecular flexibility index (Phi) is 4.70. The molecule has 1 rings (SSSR count). The van der Waals surface area contributed by atoms with Gasteiger partial charge in [-0.2, -0.15) is 0 Å². The van der Waals surface area contributed by atoms with E-state index < -0.39 is 5.41 Å². The van der Waals surface area contributed by atoms with Crippen molar-refractivity contribution in [3.8, 4) is 0 Å². The van der Waals surface area contributed by atoms with Crippen LogP contribution in [-0.2, 0) is 5.41 Å². The molecule has 0 aliphatic heterocycles. The van der Waals surface area contributed by atoms with Crippen molar-refractivity contribution in [1.29, 1.82) is 0 Å². The molecule has 1 aromatic heterocycles. The van der Waals surface area contributed by atoms with E-state index in [0.29, 0.717) is 6.42 Å². The molecule has 0 bridgehead atoms. The molecule has 4 heteroatoms. The monoisotopic (exact) mass is 273 g/mol. The first kappa shape index (κ1) is 12.6. The third-order valence-corrected chi connectivity index (χ3v) is 3.27. The molecule has 2 N–H and O–H groups in total. The van der Waals surface area contributed by atoms with Crippen LogP contribution in [0.3, 0.4) is 0 Å². The number of hydrogen-bond donors (Lipinski definition) is 2. The van der Waals surface area contributed by atoms with Crippen LogP contribution in [0, 0.1) is 0 Å². The van der Waals surface area contributed by atoms with E-state index in [2.05, 4.69) is 20.9 Å². The molecule has 0 aliphatic carbocycles. The van der Waals surface area contributed by atoms with Crippen LogP contribution in [0.5, 0.6) is 0 Å². The van der Waals surface area contributed by atoms with E-state index in [4.69, 9.17) is 5.11 Å². The number of aromatic nitrogens is 1. The number of aliphatic hydroxyl groups excluding tert-OH is 2. The zero-order chi connectivity index (χ0) is 11.3. The second-order valence-electron chi connectivity index (χ2n) is 3.61. The van der Waals surface area contributed by atoms with Gasteiger partial charge in [0.2, 0.25) is 0 Å². The maximum absolute atomic E-state index is 9.49. The van der Waals surface area contributed by atoms with Gasteiger partial charge in [0.1, 0.15) is 4.60 Å². The molecule has 0 aromatic carbocycles. The lowest BCUT2D eigenvalue weighted by Crippen LogP contribution is -2.32. The molecule has 0 fully saturated rings. The summed E-state index contributed by atoms with van der Waals surface area (Å²) in [5.41, 5.74) is 0.411. The van der Waals surface area contributed by atoms with Gasteiger partial charge in [-0.05, 0) is 40.9 Å². The third-order valence-electron chi connectivity index (χ3n) is 2.83. The summed E-state index contributed by atoms with van der Waals surface area (Å²) in [7, 11) is 0. The van der Waals surface area contributed by atoms with Gasteiger partial charge in [-0.3, -0.25) is 0 Å². The maximum Gasteiger partial charge on any atom is 0.106 e. The van der Waals surface area contributed by atoms with Crippen LogP contribution in [0.15, 0.2) is 22.8 Å². The summed E-state index contributed by atoms with van der Waals surface area (Å²) in [4.78, 5) is 4.35. The van der Waals surface area contributed by atoms with E-state index in [9.17, 15) is 5.11 Å². The standard InChI is InChI=1S/C11H16BrNO2/c1-2-11(8-15,6-7-14)9-4-3-5-10(12)13-9/h3-5,14-15H,2,6-8H2,1H3. The summed E-state index contributed by atoms with van der Waals surface area (Å²) in [6.45, 7) is 2.06. The van der Waals surface area contributed by atoms with Gasteiger partial charge in [0, 0.05) is 12.0 Å². The Morgan fingerprint density at radius 1 is 1.40 bits per heavy atom. The second-order valence-corrected chi connectivity index (χ2v) is 4.42. The fourth-order valence-corrected chi connectivity index (χ4v) is 2.02. The number of nitrogens with zero attached hydrogens (tertiary/aromatic N) is 1. The number of pyridine rings is 1. The van der Waals surface area contributed by atoms with Crippen LogP contribution in [0.1, 0.15) is 25.5 Å². The number of hydrogen-bond acceptors (Lipinski definition) is 3. The average Bonchev–Trinajstić information content (AvgIpc) is 2.26. The van der Waals surface area contributed by atoms with E-state index in [1.807, 2.05) is 25.1 Å². The van der Waals surface area contributed by atoms with E-state index >= 15 is 0 Å². The van der Waals surface area contributed by atoms with Gasteiger partial charge >= 0.3 is 0 Å². The zero-order valence-corrected chi connectivity index (χ0v) is 10.4. The Balaban J connectivity index is 3.07. The van der Waals surface area contributed by atoms with Crippen molar-refractivity contribution in [2.45, 2.75) is 25.2 Å². The molecular weight excluding hydrogens is 258 g/mol. The van der Waals surface area contributed by atoms with E-state index in [0.717, 1.165) is 16.7 Å². The Labute approximate surface area is 98.3 Å². The highest BCUT2D eigenvalue weighted by Crippen LogP contribution is 2.30. The van der Waals surface area contributed by atoms with Gasteiger partial charge in [0.15, 0.2) is 0 Å². The van der Waals surface area contributed by atoms with Gasteiger partial charge in [0.05, 0.1) is 12.3 Å². The molecule has 84 valence electrons. The Morgan fingerprint density at radius 2 is 2.13 bits per heavy atom. The highest BCUT2D eigenvalue weighted by atomic mass is 79.9. The van der Waals surface area contributed by atoms with Crippen LogP contribution in [0.25, 0.3) is 0 Å². The van der Waals surface area contributed by atoms with E-state index in [1.54, 1.807) is 0 Å². The summed E-state index contributed by atoms with van der Waals surface area (Å²) < 4.78 is 0.754. The highest BCUT2D eigenvalue weighted by molar-refractivity contribution is 9.10. The SMILES string of the molecule is CCC(CO)(CCO)c1cccc(Br)n1. The number of halogens is 1. The zero-order valence-electron chi connectivity index (χ0n) is 8.78. The highest BCUT2D eigenvalue weighted by Gasteiger charge is 2.30. The minimum atomic E-state index is -0.418. The van der Waals surface area contributed by atoms with Crippen LogP contribution >= 0.6 is 15.9 Å². The minimum absolute atomic E-state index is 0.00745. The number of rotatable bonds is 5. The van der Waals surface area contributed by atoms with Crippen molar-refractivity contribution in [2.24, 2.45) is 0 Å². The van der Waals surface area contributed by atoms with Gasteiger partial charge in [-0.1, -0.05) is 13.0 Å². The van der Waals surface area contributed by atoms with E-state index in [-0.39, 0.29) is 13.2 Å². The van der Waals surface area contributed by atoms with Crippen LogP contribution in [0.4, 0.5) is 0 Å². The third kappa shape index (κ3) is 2.77. The van der Waals surface area contributed by atoms with Crippen molar-refractivity contribution >= 4 is 15.9 Å². The molecule has 15 heavy (non-hydrogen) atoms. The first-order valence-corrected chi connectivity index (χ1v) is 5.82. The van der Waals surface area contributed by atoms with Crippen molar-refractivity contribution in [3.05, 3.63) is 28.5 Å². The van der Waals surface area contributed by atoms with Gasteiger partial charge in [0.25, 0.3) is 0 Å². The predicted molar refractivity (Wildman–Crippen MR) is 62.7 cm³/mol. The molecule has 0 saturated carbocycles. The van der Waals surface area contributed by atoms with Crippen molar-refractivity contribution in [3.63, 3.8) is 0 Å². The first-order chi connectivity index (χ1) is 7.18. The Morgan fingerprint density at radius 3 is 2.60 bits per heavy atom. The Bertz CT molecular complexity index is 313. The predicted octanol–water partition coefficient (Wildman–Crippen LogP) is 1.87. The van der Waals surface area contributed by atoms with Crippen molar-refractivity contribution in [2.75, 3.05) is 13.2 Å². The lowest BCUT2D eigenvalue weighted by Gasteiger charge is -2.29. The normalized spacial score (nSPS) is 14.9. The van der Waals surface area contributed by atoms with Gasteiger partial charge in [-0.15, -0.1) is 0 Å². The largest absolute Gasteiger partial charge is 0.396 e. The average molecular weight is 274 g/mol. The van der Waals surface area contributed by atoms with Gasteiger partial charge < -0.3 is 10.2 Å².